The number of hydrogen-bond acceptors (Lipinski definition) is 2. The van der Waals surface area contributed by atoms with Crippen LogP contribution in [0.1, 0.15) is 52.9 Å². The second kappa shape index (κ2) is 6.01. The minimum absolute atomic E-state index is 0.158. The molecule has 16 heavy (non-hydrogen) atoms. The smallest absolute Gasteiger partial charge is 0.211 e. The average molecular weight is 247 g/mol. The van der Waals surface area contributed by atoms with Crippen LogP contribution in [0, 0.1) is 11.8 Å². The largest absolute Gasteiger partial charge is 0.212 e. The molecule has 4 heteroatoms. The number of sulfonamides is 1. The van der Waals surface area contributed by atoms with Gasteiger partial charge in [0.2, 0.25) is 10.0 Å². The highest BCUT2D eigenvalue weighted by Crippen LogP contribution is 2.29. The maximum atomic E-state index is 11.8. The number of nitrogens with one attached hydrogen (secondary N) is 1. The minimum Gasteiger partial charge on any atom is -0.212 e. The van der Waals surface area contributed by atoms with Gasteiger partial charge in [-0.1, -0.05) is 40.0 Å². The predicted octanol–water partition coefficient (Wildman–Crippen LogP) is 2.53. The molecule has 0 saturated heterocycles. The number of unbranched alkanes of at least 4 members (excludes halogenated alkanes) is 1. The summed E-state index contributed by atoms with van der Waals surface area (Å²) in [5.41, 5.74) is 0. The van der Waals surface area contributed by atoms with Gasteiger partial charge in [-0.2, -0.15) is 0 Å². The summed E-state index contributed by atoms with van der Waals surface area (Å²) in [6, 6.07) is 0.158. The SMILES string of the molecule is CCCCS(=O)(=O)N[C@H]1CCC[C@H](C)[C@@H]1C. The zero-order valence-electron chi connectivity index (χ0n) is 10.7. The molecule has 1 N–H and O–H groups in total. The molecule has 0 aliphatic heterocycles. The van der Waals surface area contributed by atoms with Crippen LogP contribution < -0.4 is 4.72 Å². The van der Waals surface area contributed by atoms with Crippen LogP contribution in [-0.2, 0) is 10.0 Å². The third-order valence-corrected chi connectivity index (χ3v) is 5.29. The van der Waals surface area contributed by atoms with E-state index < -0.39 is 10.0 Å². The first kappa shape index (κ1) is 14.0. The summed E-state index contributed by atoms with van der Waals surface area (Å²) in [6.07, 6.45) is 5.06. The first-order valence-corrected chi connectivity index (χ1v) is 8.11. The fourth-order valence-corrected chi connectivity index (χ4v) is 3.95. The van der Waals surface area contributed by atoms with Crippen LogP contribution in [0.3, 0.4) is 0 Å². The normalized spacial score (nSPS) is 31.6. The van der Waals surface area contributed by atoms with Crippen LogP contribution in [0.2, 0.25) is 0 Å². The molecule has 0 aromatic carbocycles. The van der Waals surface area contributed by atoms with Crippen molar-refractivity contribution in [1.82, 2.24) is 4.72 Å². The maximum Gasteiger partial charge on any atom is 0.211 e. The van der Waals surface area contributed by atoms with E-state index in [1.54, 1.807) is 0 Å². The zero-order valence-corrected chi connectivity index (χ0v) is 11.5. The summed E-state index contributed by atoms with van der Waals surface area (Å²) in [6.45, 7) is 6.40. The van der Waals surface area contributed by atoms with Crippen LogP contribution in [0.5, 0.6) is 0 Å². The van der Waals surface area contributed by atoms with Gasteiger partial charge in [0.15, 0.2) is 0 Å². The van der Waals surface area contributed by atoms with Gasteiger partial charge >= 0.3 is 0 Å². The highest BCUT2D eigenvalue weighted by Gasteiger charge is 2.29. The summed E-state index contributed by atoms with van der Waals surface area (Å²) in [4.78, 5) is 0. The third kappa shape index (κ3) is 4.06. The van der Waals surface area contributed by atoms with Gasteiger partial charge < -0.3 is 0 Å². The van der Waals surface area contributed by atoms with Gasteiger partial charge in [0.1, 0.15) is 0 Å². The molecule has 1 fully saturated rings. The lowest BCUT2D eigenvalue weighted by atomic mass is 9.78. The van der Waals surface area contributed by atoms with Crippen LogP contribution in [0.25, 0.3) is 0 Å². The van der Waals surface area contributed by atoms with E-state index >= 15 is 0 Å². The third-order valence-electron chi connectivity index (χ3n) is 3.80. The predicted molar refractivity (Wildman–Crippen MR) is 67.8 cm³/mol. The molecule has 96 valence electrons. The Balaban J connectivity index is 2.52. The maximum absolute atomic E-state index is 11.8. The molecule has 0 spiro atoms. The summed E-state index contributed by atoms with van der Waals surface area (Å²) < 4.78 is 26.5. The summed E-state index contributed by atoms with van der Waals surface area (Å²) >= 11 is 0. The lowest BCUT2D eigenvalue weighted by Gasteiger charge is -2.34. The van der Waals surface area contributed by atoms with Crippen LogP contribution >= 0.6 is 0 Å². The Labute approximate surface area is 100 Å². The minimum atomic E-state index is -3.05. The first-order valence-electron chi connectivity index (χ1n) is 6.46. The Morgan fingerprint density at radius 2 is 1.94 bits per heavy atom. The van der Waals surface area contributed by atoms with E-state index in [-0.39, 0.29) is 11.8 Å². The Bertz CT molecular complexity index is 300. The fraction of sp³-hybridized carbons (Fsp3) is 1.00. The average Bonchev–Trinajstić information content (AvgIpc) is 2.22. The molecule has 0 bridgehead atoms. The Morgan fingerprint density at radius 1 is 1.25 bits per heavy atom. The van der Waals surface area contributed by atoms with Gasteiger partial charge in [0, 0.05) is 6.04 Å². The highest BCUT2D eigenvalue weighted by atomic mass is 32.2. The van der Waals surface area contributed by atoms with Gasteiger partial charge in [-0.3, -0.25) is 0 Å². The second-order valence-electron chi connectivity index (χ2n) is 5.16. The van der Waals surface area contributed by atoms with Gasteiger partial charge in [-0.25, -0.2) is 13.1 Å². The molecule has 1 saturated carbocycles. The van der Waals surface area contributed by atoms with Crippen molar-refractivity contribution in [3.05, 3.63) is 0 Å². The van der Waals surface area contributed by atoms with E-state index in [1.807, 2.05) is 6.92 Å². The molecule has 0 heterocycles. The van der Waals surface area contributed by atoms with Crippen LogP contribution in [0.4, 0.5) is 0 Å². The van der Waals surface area contributed by atoms with E-state index in [4.69, 9.17) is 0 Å². The van der Waals surface area contributed by atoms with Crippen LogP contribution in [0.15, 0.2) is 0 Å². The molecule has 0 amide bonds. The molecule has 3 nitrogen and oxygen atoms in total. The fourth-order valence-electron chi connectivity index (χ4n) is 2.37. The summed E-state index contributed by atoms with van der Waals surface area (Å²) in [5.74, 6) is 1.37. The lowest BCUT2D eigenvalue weighted by molar-refractivity contribution is 0.227. The highest BCUT2D eigenvalue weighted by molar-refractivity contribution is 7.89. The van der Waals surface area contributed by atoms with E-state index in [0.29, 0.717) is 11.8 Å². The van der Waals surface area contributed by atoms with Crippen molar-refractivity contribution in [1.29, 1.82) is 0 Å². The second-order valence-corrected chi connectivity index (χ2v) is 7.04. The number of rotatable bonds is 5. The molecule has 1 aliphatic rings. The Hall–Kier alpha value is -0.0900. The molecule has 0 unspecified atom stereocenters. The molecule has 1 rings (SSSR count). The van der Waals surface area contributed by atoms with Crippen molar-refractivity contribution >= 4 is 10.0 Å². The van der Waals surface area contributed by atoms with Gasteiger partial charge in [-0.15, -0.1) is 0 Å². The van der Waals surface area contributed by atoms with Crippen molar-refractivity contribution in [2.45, 2.75) is 58.9 Å². The summed E-state index contributed by atoms with van der Waals surface area (Å²) in [7, 11) is -3.05. The van der Waals surface area contributed by atoms with Crippen molar-refractivity contribution in [2.75, 3.05) is 5.75 Å². The van der Waals surface area contributed by atoms with Crippen molar-refractivity contribution in [2.24, 2.45) is 11.8 Å². The Morgan fingerprint density at radius 3 is 2.56 bits per heavy atom. The molecular formula is C12H25NO2S. The van der Waals surface area contributed by atoms with Crippen molar-refractivity contribution in [3.8, 4) is 0 Å². The van der Waals surface area contributed by atoms with E-state index in [1.165, 1.54) is 6.42 Å². The van der Waals surface area contributed by atoms with E-state index in [2.05, 4.69) is 18.6 Å². The first-order chi connectivity index (χ1) is 7.46. The standard InChI is InChI=1S/C12H25NO2S/c1-4-5-9-16(14,15)13-12-8-6-7-10(2)11(12)3/h10-13H,4-9H2,1-3H3/t10-,11-,12-/m0/s1. The van der Waals surface area contributed by atoms with E-state index in [0.717, 1.165) is 25.7 Å². The van der Waals surface area contributed by atoms with E-state index in [9.17, 15) is 8.42 Å². The van der Waals surface area contributed by atoms with Crippen LogP contribution in [-0.4, -0.2) is 20.2 Å². The molecule has 1 aliphatic carbocycles. The number of hydrogen-bond donors (Lipinski definition) is 1. The lowest BCUT2D eigenvalue weighted by Crippen LogP contribution is -2.44. The van der Waals surface area contributed by atoms with Gasteiger partial charge in [-0.05, 0) is 24.7 Å². The molecule has 0 aromatic heterocycles. The molecule has 0 aromatic rings. The van der Waals surface area contributed by atoms with Crippen molar-refractivity contribution in [3.63, 3.8) is 0 Å². The summed E-state index contributed by atoms with van der Waals surface area (Å²) in [5, 5.41) is 0. The zero-order chi connectivity index (χ0) is 12.2. The van der Waals surface area contributed by atoms with Gasteiger partial charge in [0.05, 0.1) is 5.75 Å². The topological polar surface area (TPSA) is 46.2 Å². The molecular weight excluding hydrogens is 222 g/mol. The molecule has 0 radical (unpaired) electrons. The quantitative estimate of drug-likeness (QED) is 0.811. The Kier molecular flexibility index (Phi) is 5.25. The van der Waals surface area contributed by atoms with Gasteiger partial charge in [0.25, 0.3) is 0 Å². The monoisotopic (exact) mass is 247 g/mol. The van der Waals surface area contributed by atoms with Crippen molar-refractivity contribution < 1.29 is 8.42 Å². The molecule has 3 atom stereocenters.